The first-order valence-electron chi connectivity index (χ1n) is 4.71. The molecule has 0 unspecified atom stereocenters. The minimum absolute atomic E-state index is 0.349. The summed E-state index contributed by atoms with van der Waals surface area (Å²) in [6.45, 7) is 0. The Morgan fingerprint density at radius 3 is 2.31 bits per heavy atom. The molecular weight excluding hydrogens is 252 g/mol. The van der Waals surface area contributed by atoms with Crippen molar-refractivity contribution in [1.82, 2.24) is 0 Å². The maximum Gasteiger partial charge on any atom is 0.147 e. The van der Waals surface area contributed by atoms with Crippen molar-refractivity contribution in [2.45, 2.75) is 32.1 Å². The molecule has 0 spiro atoms. The highest BCUT2D eigenvalue weighted by atomic mass is 79.9. The minimum Gasteiger partial charge on any atom is -0.229 e. The van der Waals surface area contributed by atoms with Crippen LogP contribution in [-0.4, -0.2) is 25.8 Å². The number of alkyl halides is 1. The van der Waals surface area contributed by atoms with Crippen molar-refractivity contribution in [1.29, 1.82) is 0 Å². The van der Waals surface area contributed by atoms with Crippen molar-refractivity contribution < 1.29 is 8.42 Å². The van der Waals surface area contributed by atoms with Crippen molar-refractivity contribution >= 4 is 25.8 Å². The molecule has 0 aliphatic heterocycles. The number of sulfone groups is 1. The lowest BCUT2D eigenvalue weighted by atomic mass is 9.68. The molecule has 2 nitrogen and oxygen atoms in total. The summed E-state index contributed by atoms with van der Waals surface area (Å²) in [5.41, 5.74) is 0.435. The van der Waals surface area contributed by atoms with Crippen LogP contribution < -0.4 is 0 Å². The van der Waals surface area contributed by atoms with Gasteiger partial charge in [-0.25, -0.2) is 8.42 Å². The zero-order chi connectivity index (χ0) is 9.95. The van der Waals surface area contributed by atoms with E-state index in [1.165, 1.54) is 25.5 Å². The molecule has 13 heavy (non-hydrogen) atoms. The minimum atomic E-state index is -2.75. The summed E-state index contributed by atoms with van der Waals surface area (Å²) in [5, 5.41) is 1.03. The first kappa shape index (κ1) is 11.5. The molecule has 1 aliphatic rings. The number of hydrogen-bond acceptors (Lipinski definition) is 2. The second-order valence-electron chi connectivity index (χ2n) is 4.22. The van der Waals surface area contributed by atoms with Gasteiger partial charge in [-0.2, -0.15) is 0 Å². The lowest BCUT2D eigenvalue weighted by Crippen LogP contribution is -2.31. The van der Waals surface area contributed by atoms with E-state index in [4.69, 9.17) is 0 Å². The Morgan fingerprint density at radius 1 is 1.38 bits per heavy atom. The smallest absolute Gasteiger partial charge is 0.147 e. The molecule has 0 atom stereocenters. The lowest BCUT2D eigenvalue weighted by Gasteiger charge is -2.40. The standard InChI is InChI=1S/C9H17BrO2S/c1-13(11,12)7-3-6-9(8-10)4-2-5-9/h2-8H2,1H3. The van der Waals surface area contributed by atoms with Crippen LogP contribution in [0.3, 0.4) is 0 Å². The van der Waals surface area contributed by atoms with Gasteiger partial charge < -0.3 is 0 Å². The highest BCUT2D eigenvalue weighted by Gasteiger charge is 2.35. The Kier molecular flexibility index (Phi) is 3.81. The van der Waals surface area contributed by atoms with E-state index in [9.17, 15) is 8.42 Å². The van der Waals surface area contributed by atoms with Gasteiger partial charge in [-0.3, -0.25) is 0 Å². The van der Waals surface area contributed by atoms with Crippen LogP contribution in [0.15, 0.2) is 0 Å². The van der Waals surface area contributed by atoms with Crippen LogP contribution in [0.25, 0.3) is 0 Å². The maximum absolute atomic E-state index is 10.9. The third-order valence-electron chi connectivity index (χ3n) is 2.92. The molecule has 0 N–H and O–H groups in total. The Labute approximate surface area is 89.1 Å². The van der Waals surface area contributed by atoms with E-state index >= 15 is 0 Å². The van der Waals surface area contributed by atoms with Crippen LogP contribution in [-0.2, 0) is 9.84 Å². The Hall–Kier alpha value is 0.430. The monoisotopic (exact) mass is 268 g/mol. The zero-order valence-corrected chi connectivity index (χ0v) is 10.5. The zero-order valence-electron chi connectivity index (χ0n) is 8.05. The summed E-state index contributed by atoms with van der Waals surface area (Å²) in [4.78, 5) is 0. The molecule has 0 aromatic rings. The van der Waals surface area contributed by atoms with Crippen molar-refractivity contribution in [3.8, 4) is 0 Å². The van der Waals surface area contributed by atoms with Gasteiger partial charge in [0.25, 0.3) is 0 Å². The molecule has 4 heteroatoms. The first-order valence-corrected chi connectivity index (χ1v) is 7.89. The summed E-state index contributed by atoms with van der Waals surface area (Å²) in [6.07, 6.45) is 7.04. The van der Waals surface area contributed by atoms with E-state index in [-0.39, 0.29) is 0 Å². The molecule has 0 saturated heterocycles. The van der Waals surface area contributed by atoms with Crippen LogP contribution in [0.4, 0.5) is 0 Å². The largest absolute Gasteiger partial charge is 0.229 e. The molecule has 1 saturated carbocycles. The number of rotatable bonds is 5. The van der Waals surface area contributed by atoms with E-state index in [2.05, 4.69) is 15.9 Å². The van der Waals surface area contributed by atoms with Crippen molar-refractivity contribution in [3.05, 3.63) is 0 Å². The molecule has 0 radical (unpaired) electrons. The van der Waals surface area contributed by atoms with Gasteiger partial charge in [0.05, 0.1) is 0 Å². The van der Waals surface area contributed by atoms with Gasteiger partial charge in [0, 0.05) is 17.3 Å². The number of halogens is 1. The normalized spacial score (nSPS) is 21.1. The molecule has 1 fully saturated rings. The molecular formula is C9H17BrO2S. The quantitative estimate of drug-likeness (QED) is 0.718. The fourth-order valence-corrected chi connectivity index (χ4v) is 3.35. The van der Waals surface area contributed by atoms with Gasteiger partial charge in [-0.15, -0.1) is 0 Å². The highest BCUT2D eigenvalue weighted by molar-refractivity contribution is 9.09. The lowest BCUT2D eigenvalue weighted by molar-refractivity contribution is 0.154. The summed E-state index contributed by atoms with van der Waals surface area (Å²) in [6, 6.07) is 0. The molecule has 0 heterocycles. The Balaban J connectivity index is 2.26. The average molecular weight is 269 g/mol. The Bertz CT molecular complexity index is 249. The van der Waals surface area contributed by atoms with Crippen LogP contribution >= 0.6 is 15.9 Å². The molecule has 0 aromatic heterocycles. The van der Waals surface area contributed by atoms with E-state index in [0.29, 0.717) is 11.2 Å². The second-order valence-corrected chi connectivity index (χ2v) is 7.04. The molecule has 0 amide bonds. The topological polar surface area (TPSA) is 34.1 Å². The highest BCUT2D eigenvalue weighted by Crippen LogP contribution is 2.46. The maximum atomic E-state index is 10.9. The van der Waals surface area contributed by atoms with Crippen molar-refractivity contribution in [2.24, 2.45) is 5.41 Å². The molecule has 78 valence electrons. The van der Waals surface area contributed by atoms with Gasteiger partial charge in [0.15, 0.2) is 0 Å². The van der Waals surface area contributed by atoms with Gasteiger partial charge >= 0.3 is 0 Å². The van der Waals surface area contributed by atoms with Crippen LogP contribution in [0.1, 0.15) is 32.1 Å². The predicted octanol–water partition coefficient (Wildman–Crippen LogP) is 2.38. The van der Waals surface area contributed by atoms with Gasteiger partial charge in [-0.05, 0) is 31.1 Å². The van der Waals surface area contributed by atoms with Gasteiger partial charge in [0.1, 0.15) is 9.84 Å². The number of hydrogen-bond donors (Lipinski definition) is 0. The third kappa shape index (κ3) is 3.58. The second kappa shape index (κ2) is 4.30. The van der Waals surface area contributed by atoms with Gasteiger partial charge in [-0.1, -0.05) is 22.4 Å². The third-order valence-corrected chi connectivity index (χ3v) is 5.14. The molecule has 0 bridgehead atoms. The van der Waals surface area contributed by atoms with Crippen molar-refractivity contribution in [3.63, 3.8) is 0 Å². The van der Waals surface area contributed by atoms with Gasteiger partial charge in [0.2, 0.25) is 0 Å². The van der Waals surface area contributed by atoms with Crippen LogP contribution in [0, 0.1) is 5.41 Å². The fourth-order valence-electron chi connectivity index (χ4n) is 1.84. The van der Waals surface area contributed by atoms with Crippen LogP contribution in [0.2, 0.25) is 0 Å². The van der Waals surface area contributed by atoms with Crippen LogP contribution in [0.5, 0.6) is 0 Å². The fraction of sp³-hybridized carbons (Fsp3) is 1.00. The molecule has 0 aromatic carbocycles. The molecule has 1 aliphatic carbocycles. The molecule has 1 rings (SSSR count). The summed E-state index contributed by atoms with van der Waals surface area (Å²) in [7, 11) is -2.75. The summed E-state index contributed by atoms with van der Waals surface area (Å²) < 4.78 is 21.8. The summed E-state index contributed by atoms with van der Waals surface area (Å²) in [5.74, 6) is 0.349. The predicted molar refractivity (Wildman–Crippen MR) is 59.0 cm³/mol. The van der Waals surface area contributed by atoms with E-state index in [1.807, 2.05) is 0 Å². The average Bonchev–Trinajstić information content (AvgIpc) is 1.92. The van der Waals surface area contributed by atoms with E-state index in [1.54, 1.807) is 0 Å². The van der Waals surface area contributed by atoms with E-state index < -0.39 is 9.84 Å². The first-order chi connectivity index (χ1) is 5.97. The SMILES string of the molecule is CS(=O)(=O)CCCC1(CBr)CCC1. The summed E-state index contributed by atoms with van der Waals surface area (Å²) >= 11 is 3.51. The van der Waals surface area contributed by atoms with Crippen molar-refractivity contribution in [2.75, 3.05) is 17.3 Å². The Morgan fingerprint density at radius 2 is 2.00 bits per heavy atom. The van der Waals surface area contributed by atoms with E-state index in [0.717, 1.165) is 18.2 Å².